The van der Waals surface area contributed by atoms with Gasteiger partial charge in [0.05, 0.1) is 20.3 Å². The second kappa shape index (κ2) is 7.74. The Morgan fingerprint density at radius 3 is 2.72 bits per heavy atom. The summed E-state index contributed by atoms with van der Waals surface area (Å²) in [6, 6.07) is 8.09. The van der Waals surface area contributed by atoms with Crippen LogP contribution in [0.5, 0.6) is 11.5 Å². The Labute approximate surface area is 152 Å². The molecule has 25 heavy (non-hydrogen) atoms. The molecule has 1 aromatic carbocycles. The molecule has 5 heteroatoms. The van der Waals surface area contributed by atoms with Crippen LogP contribution in [0.2, 0.25) is 0 Å². The van der Waals surface area contributed by atoms with Crippen molar-refractivity contribution < 1.29 is 14.3 Å². The van der Waals surface area contributed by atoms with E-state index in [1.54, 1.807) is 31.6 Å². The van der Waals surface area contributed by atoms with Gasteiger partial charge in [-0.05, 0) is 53.6 Å². The molecule has 1 aliphatic heterocycles. The van der Waals surface area contributed by atoms with Crippen molar-refractivity contribution in [2.45, 2.75) is 25.8 Å². The summed E-state index contributed by atoms with van der Waals surface area (Å²) in [5.41, 5.74) is 2.32. The highest BCUT2D eigenvalue weighted by molar-refractivity contribution is 7.10. The van der Waals surface area contributed by atoms with E-state index in [-0.39, 0.29) is 11.9 Å². The van der Waals surface area contributed by atoms with E-state index in [1.807, 2.05) is 36.1 Å². The minimum Gasteiger partial charge on any atom is -0.493 e. The summed E-state index contributed by atoms with van der Waals surface area (Å²) in [6.07, 6.45) is 5.26. The number of fused-ring (bicyclic) bond motifs is 1. The predicted octanol–water partition coefficient (Wildman–Crippen LogP) is 4.21. The molecule has 3 rings (SSSR count). The molecule has 0 N–H and O–H groups in total. The second-order valence-electron chi connectivity index (χ2n) is 5.92. The first-order chi connectivity index (χ1) is 12.2. The van der Waals surface area contributed by atoms with Gasteiger partial charge in [-0.3, -0.25) is 4.79 Å². The molecule has 132 valence electrons. The van der Waals surface area contributed by atoms with Crippen LogP contribution >= 0.6 is 11.3 Å². The summed E-state index contributed by atoms with van der Waals surface area (Å²) in [7, 11) is 3.29. The number of carbonyl (C=O) groups excluding carboxylic acids is 1. The van der Waals surface area contributed by atoms with Crippen LogP contribution < -0.4 is 9.47 Å². The van der Waals surface area contributed by atoms with E-state index < -0.39 is 0 Å². The van der Waals surface area contributed by atoms with Gasteiger partial charge in [-0.25, -0.2) is 0 Å². The summed E-state index contributed by atoms with van der Waals surface area (Å²) >= 11 is 1.67. The average Bonchev–Trinajstić information content (AvgIpc) is 3.18. The number of hydrogen-bond donors (Lipinski definition) is 0. The molecule has 1 aromatic heterocycles. The third-order valence-electron chi connectivity index (χ3n) is 4.47. The van der Waals surface area contributed by atoms with Crippen LogP contribution in [-0.4, -0.2) is 31.6 Å². The minimum atomic E-state index is -0.0856. The zero-order chi connectivity index (χ0) is 17.8. The van der Waals surface area contributed by atoms with Crippen LogP contribution in [0.4, 0.5) is 0 Å². The Morgan fingerprint density at radius 1 is 1.32 bits per heavy atom. The van der Waals surface area contributed by atoms with Crippen molar-refractivity contribution in [1.82, 2.24) is 4.90 Å². The van der Waals surface area contributed by atoms with Gasteiger partial charge in [-0.15, -0.1) is 11.3 Å². The standard InChI is InChI=1S/C20H23NO3S/c1-4-5-8-19(22)21-10-9-14-12-16(23-2)17(24-3)13-15(14)20(21)18-7-6-11-25-18/h5-8,11-13,20H,4,9-10H2,1-3H3/b8-5+/t20-/m0/s1. The maximum atomic E-state index is 12.7. The van der Waals surface area contributed by atoms with Gasteiger partial charge in [0.25, 0.3) is 0 Å². The fourth-order valence-electron chi connectivity index (χ4n) is 3.25. The summed E-state index contributed by atoms with van der Waals surface area (Å²) in [5, 5.41) is 2.05. The van der Waals surface area contributed by atoms with Gasteiger partial charge in [0, 0.05) is 11.4 Å². The first-order valence-electron chi connectivity index (χ1n) is 8.45. The third kappa shape index (κ3) is 3.42. The SMILES string of the molecule is CC/C=C/C(=O)N1CCc2cc(OC)c(OC)cc2[C@H]1c1cccs1. The van der Waals surface area contributed by atoms with E-state index >= 15 is 0 Å². The van der Waals surface area contributed by atoms with E-state index in [2.05, 4.69) is 11.4 Å². The van der Waals surface area contributed by atoms with Crippen molar-refractivity contribution in [2.75, 3.05) is 20.8 Å². The molecule has 0 radical (unpaired) electrons. The molecule has 0 saturated heterocycles. The smallest absolute Gasteiger partial charge is 0.247 e. The molecule has 1 atom stereocenters. The normalized spacial score (nSPS) is 16.8. The van der Waals surface area contributed by atoms with Gasteiger partial charge in [-0.1, -0.05) is 19.1 Å². The third-order valence-corrected chi connectivity index (χ3v) is 5.39. The van der Waals surface area contributed by atoms with Crippen LogP contribution in [0.25, 0.3) is 0 Å². The van der Waals surface area contributed by atoms with Crippen LogP contribution in [0.15, 0.2) is 41.8 Å². The van der Waals surface area contributed by atoms with Crippen molar-refractivity contribution in [1.29, 1.82) is 0 Å². The fraction of sp³-hybridized carbons (Fsp3) is 0.350. The predicted molar refractivity (Wildman–Crippen MR) is 101 cm³/mol. The van der Waals surface area contributed by atoms with Gasteiger partial charge in [0.2, 0.25) is 5.91 Å². The average molecular weight is 357 g/mol. The number of carbonyl (C=O) groups is 1. The molecule has 0 saturated carbocycles. The summed E-state index contributed by atoms with van der Waals surface area (Å²) in [6.45, 7) is 2.72. The Morgan fingerprint density at radius 2 is 2.08 bits per heavy atom. The van der Waals surface area contributed by atoms with Crippen LogP contribution in [0.3, 0.4) is 0 Å². The maximum Gasteiger partial charge on any atom is 0.247 e. The number of rotatable bonds is 5. The number of nitrogens with zero attached hydrogens (tertiary/aromatic N) is 1. The number of amides is 1. The molecular formula is C20H23NO3S. The quantitative estimate of drug-likeness (QED) is 0.753. The fourth-order valence-corrected chi connectivity index (χ4v) is 4.11. The molecule has 0 unspecified atom stereocenters. The lowest BCUT2D eigenvalue weighted by atomic mass is 9.90. The molecule has 1 aliphatic rings. The van der Waals surface area contributed by atoms with Crippen molar-refractivity contribution in [3.63, 3.8) is 0 Å². The number of methoxy groups -OCH3 is 2. The molecule has 1 amide bonds. The van der Waals surface area contributed by atoms with Crippen LogP contribution in [-0.2, 0) is 11.2 Å². The molecule has 4 nitrogen and oxygen atoms in total. The minimum absolute atomic E-state index is 0.0562. The van der Waals surface area contributed by atoms with Crippen molar-refractivity contribution in [3.05, 3.63) is 57.8 Å². The van der Waals surface area contributed by atoms with Crippen LogP contribution in [0.1, 0.15) is 35.4 Å². The van der Waals surface area contributed by atoms with Gasteiger partial charge >= 0.3 is 0 Å². The Hall–Kier alpha value is -2.27. The number of benzene rings is 1. The highest BCUT2D eigenvalue weighted by Crippen LogP contribution is 2.42. The largest absolute Gasteiger partial charge is 0.493 e. The van der Waals surface area contributed by atoms with Crippen molar-refractivity contribution in [2.24, 2.45) is 0 Å². The Balaban J connectivity index is 2.09. The molecule has 0 spiro atoms. The first kappa shape index (κ1) is 17.5. The maximum absolute atomic E-state index is 12.7. The van der Waals surface area contributed by atoms with Gasteiger partial charge in [-0.2, -0.15) is 0 Å². The number of allylic oxidation sites excluding steroid dienone is 1. The topological polar surface area (TPSA) is 38.8 Å². The lowest BCUT2D eigenvalue weighted by Gasteiger charge is -2.37. The van der Waals surface area contributed by atoms with Gasteiger partial charge < -0.3 is 14.4 Å². The number of hydrogen-bond acceptors (Lipinski definition) is 4. The van der Waals surface area contributed by atoms with E-state index in [1.165, 1.54) is 5.56 Å². The monoisotopic (exact) mass is 357 g/mol. The Bertz CT molecular complexity index is 767. The molecule has 0 bridgehead atoms. The van der Waals surface area contributed by atoms with E-state index in [9.17, 15) is 4.79 Å². The first-order valence-corrected chi connectivity index (χ1v) is 9.32. The lowest BCUT2D eigenvalue weighted by molar-refractivity contribution is -0.128. The molecule has 2 heterocycles. The van der Waals surface area contributed by atoms with Crippen molar-refractivity contribution in [3.8, 4) is 11.5 Å². The highest BCUT2D eigenvalue weighted by Gasteiger charge is 2.33. The Kier molecular flexibility index (Phi) is 5.43. The lowest BCUT2D eigenvalue weighted by Crippen LogP contribution is -2.39. The molecule has 0 aliphatic carbocycles. The summed E-state index contributed by atoms with van der Waals surface area (Å²) < 4.78 is 10.9. The molecule has 2 aromatic rings. The summed E-state index contributed by atoms with van der Waals surface area (Å²) in [5.74, 6) is 1.48. The molecule has 0 fully saturated rings. The molecular weight excluding hydrogens is 334 g/mol. The number of thiophene rings is 1. The highest BCUT2D eigenvalue weighted by atomic mass is 32.1. The van der Waals surface area contributed by atoms with E-state index in [4.69, 9.17) is 9.47 Å². The zero-order valence-corrected chi connectivity index (χ0v) is 15.6. The van der Waals surface area contributed by atoms with Gasteiger partial charge in [0.15, 0.2) is 11.5 Å². The zero-order valence-electron chi connectivity index (χ0n) is 14.8. The van der Waals surface area contributed by atoms with E-state index in [0.29, 0.717) is 12.3 Å². The van der Waals surface area contributed by atoms with Crippen LogP contribution in [0, 0.1) is 0 Å². The van der Waals surface area contributed by atoms with Crippen molar-refractivity contribution >= 4 is 17.2 Å². The number of ether oxygens (including phenoxy) is 2. The summed E-state index contributed by atoms with van der Waals surface area (Å²) in [4.78, 5) is 15.8. The van der Waals surface area contributed by atoms with E-state index in [0.717, 1.165) is 29.0 Å². The van der Waals surface area contributed by atoms with Gasteiger partial charge in [0.1, 0.15) is 0 Å². The second-order valence-corrected chi connectivity index (χ2v) is 6.90.